The molecule has 1 aliphatic rings. The highest BCUT2D eigenvalue weighted by atomic mass is 15.0. The minimum Gasteiger partial charge on any atom is -0.311 e. The molecule has 0 amide bonds. The predicted octanol–water partition coefficient (Wildman–Crippen LogP) is 3.15. The lowest BCUT2D eigenvalue weighted by molar-refractivity contribution is 0.179. The van der Waals surface area contributed by atoms with Crippen LogP contribution in [0.4, 0.5) is 0 Å². The van der Waals surface area contributed by atoms with Crippen molar-refractivity contribution in [3.63, 3.8) is 0 Å². The summed E-state index contributed by atoms with van der Waals surface area (Å²) in [5, 5.41) is 3.73. The molecule has 0 spiro atoms. The first-order valence-corrected chi connectivity index (χ1v) is 6.14. The molecule has 1 nitrogen and oxygen atoms in total. The minimum atomic E-state index is 0.495. The maximum atomic E-state index is 3.73. The standard InChI is InChI=1S/C14H21N/c1-2-14(10-6-11-14)15-12-9-13-7-4-3-5-8-13/h3-5,7-8,15H,2,6,9-12H2,1H3. The average molecular weight is 203 g/mol. The molecule has 2 rings (SSSR count). The van der Waals surface area contributed by atoms with E-state index in [1.165, 1.54) is 31.2 Å². The van der Waals surface area contributed by atoms with Crippen LogP contribution < -0.4 is 5.32 Å². The fourth-order valence-electron chi connectivity index (χ4n) is 2.38. The molecule has 1 saturated carbocycles. The molecule has 1 aromatic rings. The van der Waals surface area contributed by atoms with E-state index >= 15 is 0 Å². The van der Waals surface area contributed by atoms with Crippen LogP contribution in [-0.2, 0) is 6.42 Å². The highest BCUT2D eigenvalue weighted by Gasteiger charge is 2.33. The molecule has 0 heterocycles. The van der Waals surface area contributed by atoms with E-state index in [4.69, 9.17) is 0 Å². The van der Waals surface area contributed by atoms with E-state index < -0.39 is 0 Å². The summed E-state index contributed by atoms with van der Waals surface area (Å²) in [5.74, 6) is 0. The molecule has 0 aromatic heterocycles. The van der Waals surface area contributed by atoms with Gasteiger partial charge in [-0.15, -0.1) is 0 Å². The number of nitrogens with one attached hydrogen (secondary N) is 1. The van der Waals surface area contributed by atoms with Crippen LogP contribution in [0.15, 0.2) is 30.3 Å². The third kappa shape index (κ3) is 2.60. The van der Waals surface area contributed by atoms with Crippen molar-refractivity contribution in [1.29, 1.82) is 0 Å². The van der Waals surface area contributed by atoms with Gasteiger partial charge < -0.3 is 5.32 Å². The third-order valence-corrected chi connectivity index (χ3v) is 3.74. The van der Waals surface area contributed by atoms with Crippen molar-refractivity contribution in [2.45, 2.75) is 44.6 Å². The Morgan fingerprint density at radius 2 is 1.93 bits per heavy atom. The zero-order valence-electron chi connectivity index (χ0n) is 9.63. The fourth-order valence-corrected chi connectivity index (χ4v) is 2.38. The second-order valence-electron chi connectivity index (χ2n) is 4.65. The Morgan fingerprint density at radius 3 is 2.47 bits per heavy atom. The van der Waals surface area contributed by atoms with Gasteiger partial charge in [0.1, 0.15) is 0 Å². The van der Waals surface area contributed by atoms with E-state index in [1.807, 2.05) is 0 Å². The molecule has 0 bridgehead atoms. The quantitative estimate of drug-likeness (QED) is 0.775. The number of hydrogen-bond donors (Lipinski definition) is 1. The smallest absolute Gasteiger partial charge is 0.0179 e. The second kappa shape index (κ2) is 4.80. The lowest BCUT2D eigenvalue weighted by Crippen LogP contribution is -2.50. The van der Waals surface area contributed by atoms with Gasteiger partial charge >= 0.3 is 0 Å². The highest BCUT2D eigenvalue weighted by Crippen LogP contribution is 2.34. The molecule has 1 aromatic carbocycles. The van der Waals surface area contributed by atoms with Gasteiger partial charge in [-0.25, -0.2) is 0 Å². The first-order chi connectivity index (χ1) is 7.35. The number of benzene rings is 1. The Bertz CT molecular complexity index is 282. The van der Waals surface area contributed by atoms with E-state index in [0.717, 1.165) is 13.0 Å². The minimum absolute atomic E-state index is 0.495. The normalized spacial score (nSPS) is 18.5. The molecule has 1 N–H and O–H groups in total. The fraction of sp³-hybridized carbons (Fsp3) is 0.571. The Hall–Kier alpha value is -0.820. The first kappa shape index (κ1) is 10.7. The SMILES string of the molecule is CCC1(NCCc2ccccc2)CCC1. The maximum absolute atomic E-state index is 3.73. The summed E-state index contributed by atoms with van der Waals surface area (Å²) in [5.41, 5.74) is 1.94. The van der Waals surface area contributed by atoms with Crippen LogP contribution in [0.2, 0.25) is 0 Å². The second-order valence-corrected chi connectivity index (χ2v) is 4.65. The number of hydrogen-bond acceptors (Lipinski definition) is 1. The summed E-state index contributed by atoms with van der Waals surface area (Å²) >= 11 is 0. The predicted molar refractivity (Wildman–Crippen MR) is 65.0 cm³/mol. The van der Waals surface area contributed by atoms with Gasteiger partial charge in [0.25, 0.3) is 0 Å². The van der Waals surface area contributed by atoms with E-state index in [0.29, 0.717) is 5.54 Å². The monoisotopic (exact) mass is 203 g/mol. The molecular weight excluding hydrogens is 182 g/mol. The Labute approximate surface area is 92.9 Å². The van der Waals surface area contributed by atoms with Gasteiger partial charge in [0, 0.05) is 5.54 Å². The summed E-state index contributed by atoms with van der Waals surface area (Å²) < 4.78 is 0. The molecule has 1 aliphatic carbocycles. The van der Waals surface area contributed by atoms with Crippen molar-refractivity contribution in [3.8, 4) is 0 Å². The van der Waals surface area contributed by atoms with Crippen molar-refractivity contribution in [2.75, 3.05) is 6.54 Å². The van der Waals surface area contributed by atoms with Gasteiger partial charge in [-0.3, -0.25) is 0 Å². The van der Waals surface area contributed by atoms with Crippen LogP contribution in [-0.4, -0.2) is 12.1 Å². The third-order valence-electron chi connectivity index (χ3n) is 3.74. The first-order valence-electron chi connectivity index (χ1n) is 6.14. The Kier molecular flexibility index (Phi) is 3.42. The van der Waals surface area contributed by atoms with Crippen LogP contribution in [0.1, 0.15) is 38.2 Å². The molecule has 1 fully saturated rings. The Morgan fingerprint density at radius 1 is 1.20 bits per heavy atom. The van der Waals surface area contributed by atoms with Gasteiger partial charge in [-0.05, 0) is 44.2 Å². The highest BCUT2D eigenvalue weighted by molar-refractivity contribution is 5.15. The molecule has 0 radical (unpaired) electrons. The van der Waals surface area contributed by atoms with Crippen molar-refractivity contribution >= 4 is 0 Å². The van der Waals surface area contributed by atoms with Crippen molar-refractivity contribution in [3.05, 3.63) is 35.9 Å². The van der Waals surface area contributed by atoms with E-state index in [9.17, 15) is 0 Å². The molecule has 15 heavy (non-hydrogen) atoms. The number of rotatable bonds is 5. The van der Waals surface area contributed by atoms with Gasteiger partial charge in [-0.1, -0.05) is 37.3 Å². The largest absolute Gasteiger partial charge is 0.311 e. The molecular formula is C14H21N. The van der Waals surface area contributed by atoms with Gasteiger partial charge in [0.15, 0.2) is 0 Å². The van der Waals surface area contributed by atoms with Crippen LogP contribution in [0.5, 0.6) is 0 Å². The van der Waals surface area contributed by atoms with Crippen molar-refractivity contribution in [1.82, 2.24) is 5.32 Å². The average Bonchev–Trinajstić information content (AvgIpc) is 2.24. The van der Waals surface area contributed by atoms with Gasteiger partial charge in [-0.2, -0.15) is 0 Å². The summed E-state index contributed by atoms with van der Waals surface area (Å²) in [6.45, 7) is 3.42. The molecule has 0 aliphatic heterocycles. The topological polar surface area (TPSA) is 12.0 Å². The van der Waals surface area contributed by atoms with Crippen LogP contribution in [0.3, 0.4) is 0 Å². The summed E-state index contributed by atoms with van der Waals surface area (Å²) in [6.07, 6.45) is 6.59. The van der Waals surface area contributed by atoms with E-state index in [-0.39, 0.29) is 0 Å². The summed E-state index contributed by atoms with van der Waals surface area (Å²) in [4.78, 5) is 0. The maximum Gasteiger partial charge on any atom is 0.0179 e. The molecule has 0 saturated heterocycles. The van der Waals surface area contributed by atoms with E-state index in [2.05, 4.69) is 42.6 Å². The summed E-state index contributed by atoms with van der Waals surface area (Å²) in [7, 11) is 0. The van der Waals surface area contributed by atoms with E-state index in [1.54, 1.807) is 0 Å². The zero-order valence-corrected chi connectivity index (χ0v) is 9.63. The molecule has 1 heteroatoms. The van der Waals surface area contributed by atoms with Crippen LogP contribution in [0, 0.1) is 0 Å². The molecule has 0 atom stereocenters. The zero-order chi connectivity index (χ0) is 10.6. The van der Waals surface area contributed by atoms with Crippen LogP contribution >= 0.6 is 0 Å². The Balaban J connectivity index is 1.75. The van der Waals surface area contributed by atoms with Crippen molar-refractivity contribution in [2.24, 2.45) is 0 Å². The van der Waals surface area contributed by atoms with Crippen LogP contribution in [0.25, 0.3) is 0 Å². The summed E-state index contributed by atoms with van der Waals surface area (Å²) in [6, 6.07) is 10.7. The molecule has 0 unspecified atom stereocenters. The van der Waals surface area contributed by atoms with Gasteiger partial charge in [0.2, 0.25) is 0 Å². The lowest BCUT2D eigenvalue weighted by Gasteiger charge is -2.42. The van der Waals surface area contributed by atoms with Crippen molar-refractivity contribution < 1.29 is 0 Å². The molecule has 82 valence electrons. The van der Waals surface area contributed by atoms with Gasteiger partial charge in [0.05, 0.1) is 0 Å². The lowest BCUT2D eigenvalue weighted by atomic mass is 9.75.